The van der Waals surface area contributed by atoms with E-state index in [0.29, 0.717) is 19.3 Å². The van der Waals surface area contributed by atoms with Crippen LogP contribution in [0, 0.1) is 0 Å². The summed E-state index contributed by atoms with van der Waals surface area (Å²) in [4.78, 5) is 38.2. The van der Waals surface area contributed by atoms with Crippen LogP contribution in [0.4, 0.5) is 0 Å². The number of allylic oxidation sites excluding steroid dienone is 22. The van der Waals surface area contributed by atoms with E-state index in [9.17, 15) is 14.4 Å². The molecule has 6 nitrogen and oxygen atoms in total. The van der Waals surface area contributed by atoms with Crippen LogP contribution in [-0.4, -0.2) is 37.2 Å². The van der Waals surface area contributed by atoms with E-state index >= 15 is 0 Å². The van der Waals surface area contributed by atoms with Gasteiger partial charge in [-0.3, -0.25) is 14.4 Å². The Balaban J connectivity index is 4.42. The van der Waals surface area contributed by atoms with Crippen LogP contribution in [0.3, 0.4) is 0 Å². The van der Waals surface area contributed by atoms with Crippen LogP contribution < -0.4 is 0 Å². The summed E-state index contributed by atoms with van der Waals surface area (Å²) >= 11 is 0. The third-order valence-corrected chi connectivity index (χ3v) is 12.1. The van der Waals surface area contributed by atoms with Crippen molar-refractivity contribution in [1.29, 1.82) is 0 Å². The zero-order valence-electron chi connectivity index (χ0n) is 47.1. The fourth-order valence-electron chi connectivity index (χ4n) is 7.72. The van der Waals surface area contributed by atoms with E-state index in [1.807, 2.05) is 0 Å². The molecule has 0 heterocycles. The maximum atomic E-state index is 12.8. The van der Waals surface area contributed by atoms with Crippen molar-refractivity contribution >= 4 is 17.9 Å². The van der Waals surface area contributed by atoms with Crippen LogP contribution in [0.2, 0.25) is 0 Å². The normalized spacial score (nSPS) is 13.1. The molecule has 1 atom stereocenters. The highest BCUT2D eigenvalue weighted by atomic mass is 16.6. The topological polar surface area (TPSA) is 78.9 Å². The molecule has 0 aromatic carbocycles. The van der Waals surface area contributed by atoms with Crippen molar-refractivity contribution in [2.45, 2.75) is 258 Å². The Bertz CT molecular complexity index is 1580. The van der Waals surface area contributed by atoms with Gasteiger partial charge in [0.25, 0.3) is 0 Å². The van der Waals surface area contributed by atoms with Crippen molar-refractivity contribution in [3.05, 3.63) is 134 Å². The predicted octanol–water partition coefficient (Wildman–Crippen LogP) is 20.2. The lowest BCUT2D eigenvalue weighted by atomic mass is 10.1. The molecule has 0 saturated carbocycles. The lowest BCUT2D eigenvalue weighted by Gasteiger charge is -2.18. The molecule has 0 bridgehead atoms. The molecule has 0 aliphatic rings. The van der Waals surface area contributed by atoms with Crippen LogP contribution in [0.5, 0.6) is 0 Å². The Labute approximate surface area is 449 Å². The zero-order valence-corrected chi connectivity index (χ0v) is 47.1. The van der Waals surface area contributed by atoms with Gasteiger partial charge >= 0.3 is 17.9 Å². The Morgan fingerprint density at radius 3 is 0.863 bits per heavy atom. The van der Waals surface area contributed by atoms with Gasteiger partial charge in [0, 0.05) is 19.3 Å². The molecule has 0 fully saturated rings. The van der Waals surface area contributed by atoms with Crippen molar-refractivity contribution < 1.29 is 28.6 Å². The number of hydrogen-bond donors (Lipinski definition) is 0. The van der Waals surface area contributed by atoms with Crippen molar-refractivity contribution in [1.82, 2.24) is 0 Å². The number of ether oxygens (including phenoxy) is 3. The number of rotatable bonds is 52. The molecule has 0 amide bonds. The van der Waals surface area contributed by atoms with E-state index in [-0.39, 0.29) is 37.5 Å². The summed E-state index contributed by atoms with van der Waals surface area (Å²) in [6.45, 7) is 6.33. The number of hydrogen-bond acceptors (Lipinski definition) is 6. The van der Waals surface area contributed by atoms with Crippen LogP contribution in [0.1, 0.15) is 252 Å². The minimum Gasteiger partial charge on any atom is -0.462 e. The molecule has 0 aliphatic carbocycles. The number of unbranched alkanes of at least 4 members (excludes halogenated alkanes) is 19. The highest BCUT2D eigenvalue weighted by Gasteiger charge is 2.19. The van der Waals surface area contributed by atoms with Crippen molar-refractivity contribution in [2.24, 2.45) is 0 Å². The van der Waals surface area contributed by atoms with Gasteiger partial charge in [0.2, 0.25) is 0 Å². The average molecular weight is 1010 g/mol. The highest BCUT2D eigenvalue weighted by Crippen LogP contribution is 2.14. The molecule has 73 heavy (non-hydrogen) atoms. The quantitative estimate of drug-likeness (QED) is 0.0261. The van der Waals surface area contributed by atoms with Crippen LogP contribution in [-0.2, 0) is 28.6 Å². The second-order valence-electron chi connectivity index (χ2n) is 19.1. The first kappa shape index (κ1) is 68.6. The van der Waals surface area contributed by atoms with E-state index in [1.54, 1.807) is 0 Å². The van der Waals surface area contributed by atoms with Gasteiger partial charge in [0.05, 0.1) is 0 Å². The Kier molecular flexibility index (Phi) is 56.4. The van der Waals surface area contributed by atoms with E-state index in [1.165, 1.54) is 64.2 Å². The first-order valence-corrected chi connectivity index (χ1v) is 29.7. The number of carbonyl (C=O) groups is 3. The summed E-state index contributed by atoms with van der Waals surface area (Å²) in [7, 11) is 0. The van der Waals surface area contributed by atoms with Crippen molar-refractivity contribution in [3.8, 4) is 0 Å². The van der Waals surface area contributed by atoms with Crippen LogP contribution >= 0.6 is 0 Å². The molecule has 0 rings (SSSR count). The summed E-state index contributed by atoms with van der Waals surface area (Å²) in [5.41, 5.74) is 0. The molecule has 412 valence electrons. The maximum absolute atomic E-state index is 12.8. The first-order valence-electron chi connectivity index (χ1n) is 29.7. The van der Waals surface area contributed by atoms with E-state index in [2.05, 4.69) is 154 Å². The Hall–Kier alpha value is -4.45. The molecule has 0 aromatic rings. The number of esters is 3. The monoisotopic (exact) mass is 1010 g/mol. The van der Waals surface area contributed by atoms with Crippen molar-refractivity contribution in [3.63, 3.8) is 0 Å². The summed E-state index contributed by atoms with van der Waals surface area (Å²) < 4.78 is 16.8. The van der Waals surface area contributed by atoms with Gasteiger partial charge in [-0.25, -0.2) is 0 Å². The van der Waals surface area contributed by atoms with Gasteiger partial charge in [-0.1, -0.05) is 231 Å². The minimum atomic E-state index is -0.813. The summed E-state index contributed by atoms with van der Waals surface area (Å²) in [6.07, 6.45) is 84.5. The SMILES string of the molecule is CC/C=C\C/C=C\C/C=C\C/C=C\C/C=C\CCCCCCCCCCCC(=O)OCC(COC(=O)CCCCCCC/C=C\C/C=C\CCCCC)OC(=O)CCCC/C=C\C/C=C\C/C=C\C/C=C\CC. The van der Waals surface area contributed by atoms with Crippen LogP contribution in [0.25, 0.3) is 0 Å². The first-order chi connectivity index (χ1) is 36.0. The molecule has 1 unspecified atom stereocenters. The van der Waals surface area contributed by atoms with Gasteiger partial charge in [0.1, 0.15) is 13.2 Å². The third kappa shape index (κ3) is 58.3. The molecule has 0 radical (unpaired) electrons. The lowest BCUT2D eigenvalue weighted by Crippen LogP contribution is -2.30. The fourth-order valence-corrected chi connectivity index (χ4v) is 7.72. The van der Waals surface area contributed by atoms with Crippen LogP contribution in [0.15, 0.2) is 134 Å². The molecular weight excluding hydrogens is 901 g/mol. The largest absolute Gasteiger partial charge is 0.462 e. The average Bonchev–Trinajstić information content (AvgIpc) is 3.39. The lowest BCUT2D eigenvalue weighted by molar-refractivity contribution is -0.167. The molecular formula is C67H108O6. The highest BCUT2D eigenvalue weighted by molar-refractivity contribution is 5.71. The molecule has 0 N–H and O–H groups in total. The van der Waals surface area contributed by atoms with Gasteiger partial charge in [-0.05, 0) is 135 Å². The van der Waals surface area contributed by atoms with E-state index < -0.39 is 6.10 Å². The maximum Gasteiger partial charge on any atom is 0.306 e. The Morgan fingerprint density at radius 2 is 0.534 bits per heavy atom. The van der Waals surface area contributed by atoms with Crippen molar-refractivity contribution in [2.75, 3.05) is 13.2 Å². The van der Waals surface area contributed by atoms with Gasteiger partial charge in [-0.15, -0.1) is 0 Å². The molecule has 0 aromatic heterocycles. The van der Waals surface area contributed by atoms with Gasteiger partial charge < -0.3 is 14.2 Å². The molecule has 0 aliphatic heterocycles. The zero-order chi connectivity index (χ0) is 52.9. The summed E-state index contributed by atoms with van der Waals surface area (Å²) in [6, 6.07) is 0. The standard InChI is InChI=1S/C67H108O6/c1-4-7-10-13-16-19-22-25-28-29-30-31-32-33-34-35-36-37-40-42-45-48-51-54-57-60-66(69)72-63-64(73-67(70)61-58-55-52-49-46-43-39-27-24-21-18-15-12-9-6-3)62-71-65(68)59-56-53-50-47-44-41-38-26-23-20-17-14-11-8-5-2/h7,9-10,12,16-21,25-28,30-31,33-34,38-39,46,49,64H,4-6,8,11,13-15,22-24,29,32,35-37,40-45,47-48,50-63H2,1-3H3/b10-7-,12-9-,19-16-,20-17-,21-18-,28-25-,31-30-,34-33-,38-26-,39-27-,49-46-. The fraction of sp³-hybridized carbons (Fsp3) is 0.627. The third-order valence-electron chi connectivity index (χ3n) is 12.1. The second-order valence-corrected chi connectivity index (χ2v) is 19.1. The number of carbonyl (C=O) groups excluding carboxylic acids is 3. The molecule has 0 saturated heterocycles. The van der Waals surface area contributed by atoms with Gasteiger partial charge in [-0.2, -0.15) is 0 Å². The Morgan fingerprint density at radius 1 is 0.288 bits per heavy atom. The minimum absolute atomic E-state index is 0.107. The van der Waals surface area contributed by atoms with Gasteiger partial charge in [0.15, 0.2) is 6.10 Å². The smallest absolute Gasteiger partial charge is 0.306 e. The summed E-state index contributed by atoms with van der Waals surface area (Å²) in [5, 5.41) is 0. The molecule has 0 spiro atoms. The van der Waals surface area contributed by atoms with E-state index in [4.69, 9.17) is 14.2 Å². The predicted molar refractivity (Wildman–Crippen MR) is 316 cm³/mol. The summed E-state index contributed by atoms with van der Waals surface area (Å²) in [5.74, 6) is -0.971. The molecule has 6 heteroatoms. The van der Waals surface area contributed by atoms with E-state index in [0.717, 1.165) is 141 Å². The second kappa shape index (κ2) is 60.1.